The van der Waals surface area contributed by atoms with Crippen LogP contribution in [0, 0.1) is 0 Å². The minimum atomic E-state index is -2.87. The second-order valence-electron chi connectivity index (χ2n) is 4.72. The van der Waals surface area contributed by atoms with E-state index in [2.05, 4.69) is 4.74 Å². The molecule has 0 saturated carbocycles. The van der Waals surface area contributed by atoms with Gasteiger partial charge in [0.1, 0.15) is 11.5 Å². The van der Waals surface area contributed by atoms with Gasteiger partial charge in [-0.3, -0.25) is 0 Å². The van der Waals surface area contributed by atoms with Crippen molar-refractivity contribution in [2.24, 2.45) is 0 Å². The Kier molecular flexibility index (Phi) is 4.60. The lowest BCUT2D eigenvalue weighted by molar-refractivity contribution is -0.128. The predicted molar refractivity (Wildman–Crippen MR) is 80.3 cm³/mol. The Labute approximate surface area is 136 Å². The number of carbonyl (C=O) groups excluding carboxylic acids is 1. The number of fused-ring (bicyclic) bond motifs is 1. The molecule has 0 unspecified atom stereocenters. The van der Waals surface area contributed by atoms with Crippen LogP contribution in [0.5, 0.6) is 23.0 Å². The lowest BCUT2D eigenvalue weighted by Crippen LogP contribution is -2.03. The highest BCUT2D eigenvalue weighted by molar-refractivity contribution is 5.88. The monoisotopic (exact) mass is 334 g/mol. The van der Waals surface area contributed by atoms with Crippen molar-refractivity contribution in [1.29, 1.82) is 0 Å². The molecule has 3 rings (SSSR count). The molecule has 24 heavy (non-hydrogen) atoms. The Balaban J connectivity index is 1.59. The molecular formula is C17H12F2O5. The lowest BCUT2D eigenvalue weighted by Gasteiger charge is -2.04. The maximum absolute atomic E-state index is 12.1. The molecule has 0 N–H and O–H groups in total. The van der Waals surface area contributed by atoms with Crippen LogP contribution in [-0.2, 0) is 4.79 Å². The average molecular weight is 334 g/mol. The fourth-order valence-electron chi connectivity index (χ4n) is 2.02. The summed E-state index contributed by atoms with van der Waals surface area (Å²) in [5, 5.41) is 0. The van der Waals surface area contributed by atoms with Gasteiger partial charge >= 0.3 is 12.6 Å². The number of esters is 1. The molecule has 1 aliphatic heterocycles. The number of ether oxygens (including phenoxy) is 4. The maximum atomic E-state index is 12.1. The summed E-state index contributed by atoms with van der Waals surface area (Å²) in [5.74, 6) is 0.900. The van der Waals surface area contributed by atoms with Crippen molar-refractivity contribution in [2.75, 3.05) is 6.79 Å². The van der Waals surface area contributed by atoms with Gasteiger partial charge in [-0.05, 0) is 35.9 Å². The highest BCUT2D eigenvalue weighted by atomic mass is 19.3. The zero-order valence-electron chi connectivity index (χ0n) is 12.3. The van der Waals surface area contributed by atoms with E-state index < -0.39 is 12.6 Å². The largest absolute Gasteiger partial charge is 0.454 e. The van der Waals surface area contributed by atoms with Crippen LogP contribution < -0.4 is 18.9 Å². The zero-order valence-corrected chi connectivity index (χ0v) is 12.3. The molecule has 7 heteroatoms. The summed E-state index contributed by atoms with van der Waals surface area (Å²) in [4.78, 5) is 11.8. The molecule has 0 spiro atoms. The second kappa shape index (κ2) is 6.99. The number of rotatable bonds is 5. The maximum Gasteiger partial charge on any atom is 0.387 e. The van der Waals surface area contributed by atoms with E-state index in [-0.39, 0.29) is 12.5 Å². The van der Waals surface area contributed by atoms with Crippen LogP contribution in [0.2, 0.25) is 0 Å². The summed E-state index contributed by atoms with van der Waals surface area (Å²) in [7, 11) is 0. The van der Waals surface area contributed by atoms with Gasteiger partial charge in [-0.15, -0.1) is 0 Å². The number of halogens is 2. The highest BCUT2D eigenvalue weighted by Gasteiger charge is 2.14. The lowest BCUT2D eigenvalue weighted by atomic mass is 10.2. The molecule has 2 aromatic rings. The molecule has 5 nitrogen and oxygen atoms in total. The SMILES string of the molecule is O=C(/C=C/c1ccc(OC(F)F)cc1)Oc1ccc2c(c1)OCO2. The Morgan fingerprint density at radius 2 is 1.75 bits per heavy atom. The molecule has 0 fully saturated rings. The third-order valence-corrected chi connectivity index (χ3v) is 3.08. The molecule has 1 aliphatic rings. The Hall–Kier alpha value is -3.09. The van der Waals surface area contributed by atoms with E-state index in [4.69, 9.17) is 14.2 Å². The third-order valence-electron chi connectivity index (χ3n) is 3.08. The van der Waals surface area contributed by atoms with Crippen molar-refractivity contribution >= 4 is 12.0 Å². The normalized spacial score (nSPS) is 12.6. The molecule has 0 saturated heterocycles. The van der Waals surface area contributed by atoms with E-state index in [0.717, 1.165) is 0 Å². The van der Waals surface area contributed by atoms with Gasteiger partial charge in [0, 0.05) is 12.1 Å². The minimum Gasteiger partial charge on any atom is -0.454 e. The first kappa shape index (κ1) is 15.8. The Morgan fingerprint density at radius 1 is 1.04 bits per heavy atom. The van der Waals surface area contributed by atoms with Crippen LogP contribution in [0.4, 0.5) is 8.78 Å². The van der Waals surface area contributed by atoms with Gasteiger partial charge < -0.3 is 18.9 Å². The van der Waals surface area contributed by atoms with Gasteiger partial charge in [0.15, 0.2) is 11.5 Å². The van der Waals surface area contributed by atoms with Crippen LogP contribution >= 0.6 is 0 Å². The van der Waals surface area contributed by atoms with Gasteiger partial charge in [-0.2, -0.15) is 8.78 Å². The first-order valence-electron chi connectivity index (χ1n) is 6.94. The molecule has 124 valence electrons. The van der Waals surface area contributed by atoms with Crippen LogP contribution in [-0.4, -0.2) is 19.4 Å². The fourth-order valence-corrected chi connectivity index (χ4v) is 2.02. The number of alkyl halides is 2. The summed E-state index contributed by atoms with van der Waals surface area (Å²) >= 11 is 0. The number of carbonyl (C=O) groups is 1. The first-order chi connectivity index (χ1) is 11.6. The predicted octanol–water partition coefficient (Wildman–Crippen LogP) is 3.64. The quantitative estimate of drug-likeness (QED) is 0.475. The highest BCUT2D eigenvalue weighted by Crippen LogP contribution is 2.35. The molecule has 1 heterocycles. The van der Waals surface area contributed by atoms with Crippen LogP contribution in [0.25, 0.3) is 6.08 Å². The average Bonchev–Trinajstić information content (AvgIpc) is 3.01. The van der Waals surface area contributed by atoms with E-state index in [0.29, 0.717) is 22.8 Å². The second-order valence-corrected chi connectivity index (χ2v) is 4.72. The van der Waals surface area contributed by atoms with E-state index in [9.17, 15) is 13.6 Å². The van der Waals surface area contributed by atoms with Crippen LogP contribution in [0.1, 0.15) is 5.56 Å². The summed E-state index contributed by atoms with van der Waals surface area (Å²) in [6.45, 7) is -2.74. The van der Waals surface area contributed by atoms with Gasteiger partial charge in [-0.25, -0.2) is 4.79 Å². The zero-order chi connectivity index (χ0) is 16.9. The van der Waals surface area contributed by atoms with Crippen molar-refractivity contribution < 1.29 is 32.5 Å². The molecule has 0 aromatic heterocycles. The molecule has 0 atom stereocenters. The fraction of sp³-hybridized carbons (Fsp3) is 0.118. The summed E-state index contributed by atoms with van der Waals surface area (Å²) in [6.07, 6.45) is 2.73. The van der Waals surface area contributed by atoms with Crippen molar-refractivity contribution in [3.63, 3.8) is 0 Å². The standard InChI is InChI=1S/C17H12F2O5/c18-17(19)24-12-4-1-11(2-5-12)3-8-16(20)23-13-6-7-14-15(9-13)22-10-21-14/h1-9,17H,10H2/b8-3+. The first-order valence-corrected chi connectivity index (χ1v) is 6.94. The Bertz CT molecular complexity index is 756. The summed E-state index contributed by atoms with van der Waals surface area (Å²) in [5.41, 5.74) is 0.638. The third kappa shape index (κ3) is 4.01. The van der Waals surface area contributed by atoms with E-state index in [1.165, 1.54) is 24.3 Å². The van der Waals surface area contributed by atoms with Gasteiger partial charge in [0.2, 0.25) is 6.79 Å². The molecule has 0 aliphatic carbocycles. The molecule has 2 aromatic carbocycles. The van der Waals surface area contributed by atoms with Crippen molar-refractivity contribution in [1.82, 2.24) is 0 Å². The van der Waals surface area contributed by atoms with Crippen molar-refractivity contribution in [2.45, 2.75) is 6.61 Å². The minimum absolute atomic E-state index is 0.0464. The Morgan fingerprint density at radius 3 is 2.50 bits per heavy atom. The van der Waals surface area contributed by atoms with Crippen molar-refractivity contribution in [3.05, 3.63) is 54.1 Å². The van der Waals surface area contributed by atoms with Gasteiger partial charge in [0.05, 0.1) is 0 Å². The van der Waals surface area contributed by atoms with Gasteiger partial charge in [-0.1, -0.05) is 12.1 Å². The van der Waals surface area contributed by atoms with E-state index >= 15 is 0 Å². The topological polar surface area (TPSA) is 54.0 Å². The molecule has 0 radical (unpaired) electrons. The van der Waals surface area contributed by atoms with Crippen molar-refractivity contribution in [3.8, 4) is 23.0 Å². The van der Waals surface area contributed by atoms with Gasteiger partial charge in [0.25, 0.3) is 0 Å². The summed E-state index contributed by atoms with van der Waals surface area (Å²) in [6, 6.07) is 10.7. The van der Waals surface area contributed by atoms with E-state index in [1.54, 1.807) is 30.3 Å². The van der Waals surface area contributed by atoms with E-state index in [1.807, 2.05) is 0 Å². The molecule has 0 bridgehead atoms. The number of hydrogen-bond acceptors (Lipinski definition) is 5. The molecular weight excluding hydrogens is 322 g/mol. The molecule has 0 amide bonds. The smallest absolute Gasteiger partial charge is 0.387 e. The number of hydrogen-bond donors (Lipinski definition) is 0. The number of benzene rings is 2. The van der Waals surface area contributed by atoms with Crippen LogP contribution in [0.3, 0.4) is 0 Å². The summed E-state index contributed by atoms with van der Waals surface area (Å²) < 4.78 is 43.8. The van der Waals surface area contributed by atoms with Crippen LogP contribution in [0.15, 0.2) is 48.5 Å².